The van der Waals surface area contributed by atoms with Gasteiger partial charge >= 0.3 is 0 Å². The maximum atomic E-state index is 11.6. The molecule has 2 aromatic carbocycles. The highest BCUT2D eigenvalue weighted by Crippen LogP contribution is 2.30. The Labute approximate surface area is 152 Å². The zero-order valence-corrected chi connectivity index (χ0v) is 15.5. The van der Waals surface area contributed by atoms with Gasteiger partial charge in [-0.2, -0.15) is 0 Å². The van der Waals surface area contributed by atoms with Gasteiger partial charge in [-0.15, -0.1) is 0 Å². The molecule has 1 atom stereocenters. The highest BCUT2D eigenvalue weighted by molar-refractivity contribution is 7.90. The molecule has 0 radical (unpaired) electrons. The van der Waals surface area contributed by atoms with E-state index in [1.807, 2.05) is 24.0 Å². The van der Waals surface area contributed by atoms with Gasteiger partial charge in [0.25, 0.3) is 0 Å². The minimum atomic E-state index is -3.26. The highest BCUT2D eigenvalue weighted by atomic mass is 35.5. The number of rotatable bonds is 4. The van der Waals surface area contributed by atoms with E-state index in [2.05, 4.69) is 4.99 Å². The molecule has 0 bridgehead atoms. The third-order valence-electron chi connectivity index (χ3n) is 4.23. The Morgan fingerprint density at radius 1 is 1.16 bits per heavy atom. The van der Waals surface area contributed by atoms with Crippen molar-refractivity contribution >= 4 is 33.0 Å². The number of aliphatic hydroxyl groups is 1. The molecule has 0 saturated carbocycles. The SMILES string of the molecule is CCC1(O)CN(c2ccc(Cl)cc2)C(c2ccc(S(C)(=O)=O)cc2)=N1. The Bertz CT molecular complexity index is 908. The lowest BCUT2D eigenvalue weighted by atomic mass is 10.1. The van der Waals surface area contributed by atoms with E-state index in [1.54, 1.807) is 36.4 Å². The van der Waals surface area contributed by atoms with Crippen LogP contribution in [0.15, 0.2) is 58.4 Å². The average Bonchev–Trinajstić information content (AvgIpc) is 2.94. The van der Waals surface area contributed by atoms with Crippen LogP contribution in [0.3, 0.4) is 0 Å². The third kappa shape index (κ3) is 3.71. The molecule has 3 rings (SSSR count). The predicted octanol–water partition coefficient (Wildman–Crippen LogP) is 3.11. The summed E-state index contributed by atoms with van der Waals surface area (Å²) in [6, 6.07) is 13.8. The molecule has 0 amide bonds. The Kier molecular flexibility index (Phi) is 4.62. The minimum Gasteiger partial charge on any atom is -0.368 e. The second-order valence-electron chi connectivity index (χ2n) is 6.13. The van der Waals surface area contributed by atoms with Crippen LogP contribution in [0.2, 0.25) is 5.02 Å². The van der Waals surface area contributed by atoms with Gasteiger partial charge in [0.1, 0.15) is 5.84 Å². The summed E-state index contributed by atoms with van der Waals surface area (Å²) in [5, 5.41) is 11.3. The molecule has 1 N–H and O–H groups in total. The largest absolute Gasteiger partial charge is 0.368 e. The molecule has 0 saturated heterocycles. The number of sulfone groups is 1. The van der Waals surface area contributed by atoms with E-state index in [9.17, 15) is 13.5 Å². The van der Waals surface area contributed by atoms with E-state index < -0.39 is 15.6 Å². The van der Waals surface area contributed by atoms with Gasteiger partial charge in [0.05, 0.1) is 11.4 Å². The molecule has 0 aromatic heterocycles. The number of β-amino-alcohol motifs (C(OH)–C–C–N with tert-alkyl or cyclic N) is 1. The molecule has 1 aliphatic heterocycles. The summed E-state index contributed by atoms with van der Waals surface area (Å²) < 4.78 is 23.3. The van der Waals surface area contributed by atoms with E-state index in [-0.39, 0.29) is 4.90 Å². The van der Waals surface area contributed by atoms with Gasteiger partial charge in [-0.05, 0) is 55.0 Å². The molecule has 0 spiro atoms. The number of halogens is 1. The fourth-order valence-corrected chi connectivity index (χ4v) is 3.47. The summed E-state index contributed by atoms with van der Waals surface area (Å²) in [6.45, 7) is 2.20. The number of aliphatic imine (C=N–C) groups is 1. The Morgan fingerprint density at radius 3 is 2.28 bits per heavy atom. The van der Waals surface area contributed by atoms with Crippen molar-refractivity contribution in [2.24, 2.45) is 4.99 Å². The van der Waals surface area contributed by atoms with Crippen LogP contribution in [0.4, 0.5) is 5.69 Å². The van der Waals surface area contributed by atoms with Crippen molar-refractivity contribution in [2.75, 3.05) is 17.7 Å². The number of amidine groups is 1. The summed E-state index contributed by atoms with van der Waals surface area (Å²) in [6.07, 6.45) is 1.65. The van der Waals surface area contributed by atoms with Gasteiger partial charge in [0.15, 0.2) is 15.6 Å². The zero-order chi connectivity index (χ0) is 18.2. The van der Waals surface area contributed by atoms with Crippen LogP contribution >= 0.6 is 11.6 Å². The van der Waals surface area contributed by atoms with E-state index in [1.165, 1.54) is 6.26 Å². The van der Waals surface area contributed by atoms with Gasteiger partial charge in [-0.3, -0.25) is 0 Å². The monoisotopic (exact) mass is 378 g/mol. The smallest absolute Gasteiger partial charge is 0.176 e. The molecule has 1 aliphatic rings. The molecule has 0 aliphatic carbocycles. The Balaban J connectivity index is 2.03. The molecular weight excluding hydrogens is 360 g/mol. The van der Waals surface area contributed by atoms with Crippen molar-refractivity contribution in [3.8, 4) is 0 Å². The molecular formula is C18H19ClN2O3S. The van der Waals surface area contributed by atoms with Gasteiger partial charge in [0.2, 0.25) is 0 Å². The van der Waals surface area contributed by atoms with Crippen LogP contribution in [0.25, 0.3) is 0 Å². The lowest BCUT2D eigenvalue weighted by Gasteiger charge is -2.23. The molecule has 5 nitrogen and oxygen atoms in total. The van der Waals surface area contributed by atoms with Crippen LogP contribution in [-0.4, -0.2) is 37.9 Å². The number of nitrogens with zero attached hydrogens (tertiary/aromatic N) is 2. The van der Waals surface area contributed by atoms with Crippen molar-refractivity contribution < 1.29 is 13.5 Å². The molecule has 7 heteroatoms. The van der Waals surface area contributed by atoms with Crippen molar-refractivity contribution in [1.82, 2.24) is 0 Å². The number of hydrogen-bond acceptors (Lipinski definition) is 5. The summed E-state index contributed by atoms with van der Waals surface area (Å²) >= 11 is 5.96. The lowest BCUT2D eigenvalue weighted by Crippen LogP contribution is -2.35. The van der Waals surface area contributed by atoms with Crippen LogP contribution in [-0.2, 0) is 9.84 Å². The molecule has 2 aromatic rings. The van der Waals surface area contributed by atoms with Gasteiger partial charge in [-0.25, -0.2) is 13.4 Å². The van der Waals surface area contributed by atoms with Gasteiger partial charge < -0.3 is 10.0 Å². The standard InChI is InChI=1S/C18H19ClN2O3S/c1-3-18(22)12-21(15-8-6-14(19)7-9-15)17(20-18)13-4-10-16(11-5-13)25(2,23)24/h4-11,22H,3,12H2,1-2H3. The van der Waals surface area contributed by atoms with Crippen molar-refractivity contribution in [2.45, 2.75) is 24.0 Å². The van der Waals surface area contributed by atoms with Crippen LogP contribution in [0.1, 0.15) is 18.9 Å². The average molecular weight is 379 g/mol. The summed E-state index contributed by atoms with van der Waals surface area (Å²) in [4.78, 5) is 6.66. The zero-order valence-electron chi connectivity index (χ0n) is 14.0. The first-order valence-electron chi connectivity index (χ1n) is 7.88. The summed E-state index contributed by atoms with van der Waals surface area (Å²) in [5.74, 6) is 0.603. The van der Waals surface area contributed by atoms with Crippen molar-refractivity contribution in [3.05, 3.63) is 59.1 Å². The van der Waals surface area contributed by atoms with Crippen LogP contribution < -0.4 is 4.90 Å². The highest BCUT2D eigenvalue weighted by Gasteiger charge is 2.37. The molecule has 1 heterocycles. The first kappa shape index (κ1) is 17.9. The van der Waals surface area contributed by atoms with E-state index in [0.717, 1.165) is 11.3 Å². The van der Waals surface area contributed by atoms with E-state index in [0.29, 0.717) is 23.8 Å². The van der Waals surface area contributed by atoms with E-state index in [4.69, 9.17) is 11.6 Å². The normalized spacial score (nSPS) is 20.6. The Morgan fingerprint density at radius 2 is 1.76 bits per heavy atom. The first-order chi connectivity index (χ1) is 11.7. The second-order valence-corrected chi connectivity index (χ2v) is 8.58. The molecule has 25 heavy (non-hydrogen) atoms. The third-order valence-corrected chi connectivity index (χ3v) is 5.61. The minimum absolute atomic E-state index is 0.249. The van der Waals surface area contributed by atoms with Gasteiger partial charge in [0, 0.05) is 22.5 Å². The quantitative estimate of drug-likeness (QED) is 0.887. The van der Waals surface area contributed by atoms with Crippen LogP contribution in [0, 0.1) is 0 Å². The lowest BCUT2D eigenvalue weighted by molar-refractivity contribution is 0.0633. The molecule has 0 fully saturated rings. The molecule has 132 valence electrons. The van der Waals surface area contributed by atoms with Crippen molar-refractivity contribution in [3.63, 3.8) is 0 Å². The predicted molar refractivity (Wildman–Crippen MR) is 100 cm³/mol. The second kappa shape index (κ2) is 6.44. The topological polar surface area (TPSA) is 70.0 Å². The first-order valence-corrected chi connectivity index (χ1v) is 10.1. The number of benzene rings is 2. The maximum absolute atomic E-state index is 11.6. The van der Waals surface area contributed by atoms with Crippen LogP contribution in [0.5, 0.6) is 0 Å². The fourth-order valence-electron chi connectivity index (χ4n) is 2.72. The Hall–Kier alpha value is -1.89. The number of anilines is 1. The fraction of sp³-hybridized carbons (Fsp3) is 0.278. The summed E-state index contributed by atoms with van der Waals surface area (Å²) in [5.41, 5.74) is 0.427. The molecule has 1 unspecified atom stereocenters. The maximum Gasteiger partial charge on any atom is 0.176 e. The number of hydrogen-bond donors (Lipinski definition) is 1. The van der Waals surface area contributed by atoms with Gasteiger partial charge in [-0.1, -0.05) is 18.5 Å². The van der Waals surface area contributed by atoms with Crippen molar-refractivity contribution in [1.29, 1.82) is 0 Å². The summed E-state index contributed by atoms with van der Waals surface area (Å²) in [7, 11) is -3.26. The van der Waals surface area contributed by atoms with E-state index >= 15 is 0 Å².